The number of aryl methyl sites for hydroxylation is 1. The minimum atomic E-state index is 0.461. The number of ether oxygens (including phenoxy) is 1. The van der Waals surface area contributed by atoms with E-state index in [1.165, 1.54) is 0 Å². The zero-order chi connectivity index (χ0) is 14.5. The maximum atomic E-state index is 5.27. The largest absolute Gasteiger partial charge is 0.497 e. The van der Waals surface area contributed by atoms with Gasteiger partial charge in [-0.25, -0.2) is 4.98 Å². The van der Waals surface area contributed by atoms with E-state index in [-0.39, 0.29) is 0 Å². The first-order valence-electron chi connectivity index (χ1n) is 6.82. The van der Waals surface area contributed by atoms with Gasteiger partial charge in [0.25, 0.3) is 0 Å². The maximum absolute atomic E-state index is 5.27. The van der Waals surface area contributed by atoms with Gasteiger partial charge in [-0.05, 0) is 6.92 Å². The molecule has 2 heterocycles. The molecule has 2 rings (SSSR count). The van der Waals surface area contributed by atoms with Crippen LogP contribution in [0.5, 0.6) is 5.75 Å². The number of hydrogen-bond donors (Lipinski definition) is 1. The predicted octanol–water partition coefficient (Wildman–Crippen LogP) is 2.14. The van der Waals surface area contributed by atoms with Crippen LogP contribution in [0.25, 0.3) is 0 Å². The molecule has 0 aliphatic rings. The first-order valence-corrected chi connectivity index (χ1v) is 6.82. The Labute approximate surface area is 120 Å². The van der Waals surface area contributed by atoms with Crippen LogP contribution in [-0.4, -0.2) is 27.7 Å². The number of nitrogens with one attached hydrogen (secondary N) is 1. The Morgan fingerprint density at radius 1 is 1.30 bits per heavy atom. The highest BCUT2D eigenvalue weighted by Gasteiger charge is 2.04. The van der Waals surface area contributed by atoms with Crippen LogP contribution in [0.15, 0.2) is 24.7 Å². The lowest BCUT2D eigenvalue weighted by Crippen LogP contribution is -2.21. The summed E-state index contributed by atoms with van der Waals surface area (Å²) in [5.41, 5.74) is 2.97. The average Bonchev–Trinajstić information content (AvgIpc) is 2.83. The summed E-state index contributed by atoms with van der Waals surface area (Å²) in [5.74, 6) is 0.842. The molecule has 0 fully saturated rings. The SMILES string of the molecule is COc1cc(C)nc(Cn2cnc(CNC(C)C)c2)c1. The van der Waals surface area contributed by atoms with E-state index in [0.29, 0.717) is 12.6 Å². The molecule has 5 nitrogen and oxygen atoms in total. The highest BCUT2D eigenvalue weighted by Crippen LogP contribution is 2.14. The van der Waals surface area contributed by atoms with E-state index in [2.05, 4.69) is 29.1 Å². The quantitative estimate of drug-likeness (QED) is 0.877. The van der Waals surface area contributed by atoms with Crippen LogP contribution in [-0.2, 0) is 13.1 Å². The third kappa shape index (κ3) is 4.06. The fraction of sp³-hybridized carbons (Fsp3) is 0.467. The van der Waals surface area contributed by atoms with Gasteiger partial charge in [-0.15, -0.1) is 0 Å². The third-order valence-corrected chi connectivity index (χ3v) is 2.94. The molecule has 0 bridgehead atoms. The lowest BCUT2D eigenvalue weighted by molar-refractivity contribution is 0.413. The van der Waals surface area contributed by atoms with Crippen molar-refractivity contribution in [3.63, 3.8) is 0 Å². The number of methoxy groups -OCH3 is 1. The first kappa shape index (κ1) is 14.5. The molecule has 0 saturated carbocycles. The fourth-order valence-corrected chi connectivity index (χ4v) is 1.98. The summed E-state index contributed by atoms with van der Waals surface area (Å²) in [6, 6.07) is 4.34. The molecule has 0 atom stereocenters. The van der Waals surface area contributed by atoms with Gasteiger partial charge in [0.15, 0.2) is 0 Å². The zero-order valence-electron chi connectivity index (χ0n) is 12.6. The van der Waals surface area contributed by atoms with Crippen molar-refractivity contribution in [3.8, 4) is 5.75 Å². The van der Waals surface area contributed by atoms with Gasteiger partial charge in [0.05, 0.1) is 31.4 Å². The van der Waals surface area contributed by atoms with E-state index in [9.17, 15) is 0 Å². The first-order chi connectivity index (χ1) is 9.56. The van der Waals surface area contributed by atoms with E-state index in [1.807, 2.05) is 36.1 Å². The standard InChI is InChI=1S/C15H22N4O/c1-11(2)16-7-14-9-19(10-17-14)8-13-6-15(20-4)5-12(3)18-13/h5-6,9-11,16H,7-8H2,1-4H3. The van der Waals surface area contributed by atoms with Crippen LogP contribution in [0.4, 0.5) is 0 Å². The molecule has 5 heteroatoms. The molecule has 108 valence electrons. The van der Waals surface area contributed by atoms with Crippen molar-refractivity contribution in [2.45, 2.75) is 39.9 Å². The van der Waals surface area contributed by atoms with Gasteiger partial charge in [0, 0.05) is 36.6 Å². The Hall–Kier alpha value is -1.88. The molecular formula is C15H22N4O. The maximum Gasteiger partial charge on any atom is 0.122 e. The van der Waals surface area contributed by atoms with Gasteiger partial charge in [0.2, 0.25) is 0 Å². The third-order valence-electron chi connectivity index (χ3n) is 2.94. The van der Waals surface area contributed by atoms with Crippen molar-refractivity contribution in [2.75, 3.05) is 7.11 Å². The van der Waals surface area contributed by atoms with Crippen LogP contribution < -0.4 is 10.1 Å². The molecule has 2 aromatic heterocycles. The molecule has 0 unspecified atom stereocenters. The van der Waals surface area contributed by atoms with E-state index in [1.54, 1.807) is 7.11 Å². The van der Waals surface area contributed by atoms with Crippen molar-refractivity contribution >= 4 is 0 Å². The Balaban J connectivity index is 2.04. The van der Waals surface area contributed by atoms with Gasteiger partial charge in [-0.1, -0.05) is 13.8 Å². The molecule has 0 aromatic carbocycles. The summed E-state index contributed by atoms with van der Waals surface area (Å²) in [7, 11) is 1.67. The molecule has 0 amide bonds. The highest BCUT2D eigenvalue weighted by molar-refractivity contribution is 5.26. The topological polar surface area (TPSA) is 52.0 Å². The van der Waals surface area contributed by atoms with Gasteiger partial charge < -0.3 is 14.6 Å². The summed E-state index contributed by atoms with van der Waals surface area (Å²) in [5, 5.41) is 3.35. The molecule has 20 heavy (non-hydrogen) atoms. The Kier molecular flexibility index (Phi) is 4.74. The normalized spacial score (nSPS) is 11.1. The Morgan fingerprint density at radius 3 is 2.80 bits per heavy atom. The smallest absolute Gasteiger partial charge is 0.122 e. The molecular weight excluding hydrogens is 252 g/mol. The van der Waals surface area contributed by atoms with Gasteiger partial charge >= 0.3 is 0 Å². The summed E-state index contributed by atoms with van der Waals surface area (Å²) in [4.78, 5) is 8.91. The van der Waals surface area contributed by atoms with Crippen molar-refractivity contribution in [3.05, 3.63) is 41.7 Å². The van der Waals surface area contributed by atoms with E-state index in [0.717, 1.165) is 29.4 Å². The number of hydrogen-bond acceptors (Lipinski definition) is 4. The fourth-order valence-electron chi connectivity index (χ4n) is 1.98. The van der Waals surface area contributed by atoms with Crippen molar-refractivity contribution in [2.24, 2.45) is 0 Å². The van der Waals surface area contributed by atoms with Crippen LogP contribution >= 0.6 is 0 Å². The van der Waals surface area contributed by atoms with Gasteiger partial charge in [-0.3, -0.25) is 4.98 Å². The average molecular weight is 274 g/mol. The molecule has 1 N–H and O–H groups in total. The van der Waals surface area contributed by atoms with Crippen LogP contribution in [0.2, 0.25) is 0 Å². The molecule has 0 saturated heterocycles. The summed E-state index contributed by atoms with van der Waals surface area (Å²) < 4.78 is 7.31. The van der Waals surface area contributed by atoms with E-state index >= 15 is 0 Å². The molecule has 2 aromatic rings. The van der Waals surface area contributed by atoms with Crippen LogP contribution in [0.3, 0.4) is 0 Å². The number of pyridine rings is 1. The number of rotatable bonds is 6. The van der Waals surface area contributed by atoms with Crippen LogP contribution in [0.1, 0.15) is 30.9 Å². The monoisotopic (exact) mass is 274 g/mol. The number of nitrogens with zero attached hydrogens (tertiary/aromatic N) is 3. The van der Waals surface area contributed by atoms with Gasteiger partial charge in [0.1, 0.15) is 5.75 Å². The number of imidazole rings is 1. The molecule has 0 spiro atoms. The van der Waals surface area contributed by atoms with E-state index < -0.39 is 0 Å². The van der Waals surface area contributed by atoms with Crippen molar-refractivity contribution in [1.82, 2.24) is 19.9 Å². The van der Waals surface area contributed by atoms with Crippen molar-refractivity contribution in [1.29, 1.82) is 0 Å². The Bertz CT molecular complexity index is 563. The second-order valence-corrected chi connectivity index (χ2v) is 5.21. The zero-order valence-corrected chi connectivity index (χ0v) is 12.6. The second-order valence-electron chi connectivity index (χ2n) is 5.21. The molecule has 0 aliphatic heterocycles. The number of aromatic nitrogens is 3. The minimum Gasteiger partial charge on any atom is -0.497 e. The van der Waals surface area contributed by atoms with Gasteiger partial charge in [-0.2, -0.15) is 0 Å². The second kappa shape index (κ2) is 6.52. The highest BCUT2D eigenvalue weighted by atomic mass is 16.5. The lowest BCUT2D eigenvalue weighted by Gasteiger charge is -2.07. The summed E-state index contributed by atoms with van der Waals surface area (Å²) in [6.07, 6.45) is 3.89. The summed E-state index contributed by atoms with van der Waals surface area (Å²) >= 11 is 0. The van der Waals surface area contributed by atoms with E-state index in [4.69, 9.17) is 4.74 Å². The summed E-state index contributed by atoms with van der Waals surface area (Å²) in [6.45, 7) is 7.71. The lowest BCUT2D eigenvalue weighted by atomic mass is 10.3. The predicted molar refractivity (Wildman–Crippen MR) is 78.8 cm³/mol. The van der Waals surface area contributed by atoms with Crippen molar-refractivity contribution < 1.29 is 4.74 Å². The molecule has 0 radical (unpaired) electrons. The molecule has 0 aliphatic carbocycles. The minimum absolute atomic E-state index is 0.461. The Morgan fingerprint density at radius 2 is 2.10 bits per heavy atom. The van der Waals surface area contributed by atoms with Crippen LogP contribution in [0, 0.1) is 6.92 Å².